The van der Waals surface area contributed by atoms with Gasteiger partial charge in [0.05, 0.1) is 0 Å². The van der Waals surface area contributed by atoms with Crippen LogP contribution in [0, 0.1) is 28.6 Å². The number of ketones is 1. The quantitative estimate of drug-likeness (QED) is 0.682. The number of allylic oxidation sites excluding steroid dienone is 1. The predicted octanol–water partition coefficient (Wildman–Crippen LogP) is 3.71. The van der Waals surface area contributed by atoms with E-state index in [-0.39, 0.29) is 46.1 Å². The summed E-state index contributed by atoms with van der Waals surface area (Å²) in [6.07, 6.45) is 9.74. The third-order valence-corrected chi connectivity index (χ3v) is 9.71. The fourth-order valence-electron chi connectivity index (χ4n) is 8.43. The molecule has 4 fully saturated rings. The Kier molecular flexibility index (Phi) is 4.12. The van der Waals surface area contributed by atoms with Crippen molar-refractivity contribution in [2.24, 2.45) is 28.6 Å². The van der Waals surface area contributed by atoms with Gasteiger partial charge >= 0.3 is 5.97 Å². The maximum absolute atomic E-state index is 12.2. The Morgan fingerprint density at radius 1 is 1.10 bits per heavy atom. The highest BCUT2D eigenvalue weighted by Gasteiger charge is 2.68. The standard InChI is InChI=1S/C24H33NO4/c1-14(26)29-19-13-23(3)18(7-10-24(23)11-8-20(28)25-24)17-5-4-15-12-16(27)6-9-22(15,2)21(17)19/h12,17-19,21H,4-11,13H2,1-3H3,(H,25,28)/t17?,18?,19-,21?,22-,23-,24+/m0/s1. The van der Waals surface area contributed by atoms with Gasteiger partial charge in [0, 0.05) is 31.2 Å². The molecule has 3 saturated carbocycles. The van der Waals surface area contributed by atoms with Crippen LogP contribution in [0.25, 0.3) is 0 Å². The molecule has 1 N–H and O–H groups in total. The van der Waals surface area contributed by atoms with Crippen molar-refractivity contribution in [3.8, 4) is 0 Å². The van der Waals surface area contributed by atoms with Crippen LogP contribution < -0.4 is 5.32 Å². The van der Waals surface area contributed by atoms with Crippen molar-refractivity contribution < 1.29 is 19.1 Å². The van der Waals surface area contributed by atoms with Gasteiger partial charge in [-0.05, 0) is 73.7 Å². The van der Waals surface area contributed by atoms with E-state index in [0.29, 0.717) is 24.7 Å². The predicted molar refractivity (Wildman–Crippen MR) is 108 cm³/mol. The molecule has 0 aromatic carbocycles. The summed E-state index contributed by atoms with van der Waals surface area (Å²) in [6, 6.07) is 0. The Balaban J connectivity index is 1.58. The van der Waals surface area contributed by atoms with Crippen LogP contribution in [0.3, 0.4) is 0 Å². The van der Waals surface area contributed by atoms with E-state index < -0.39 is 0 Å². The number of rotatable bonds is 1. The molecule has 1 aliphatic heterocycles. The Hall–Kier alpha value is -1.65. The second-order valence-corrected chi connectivity index (χ2v) is 10.8. The number of ether oxygens (including phenoxy) is 1. The molecule has 3 unspecified atom stereocenters. The summed E-state index contributed by atoms with van der Waals surface area (Å²) in [6.45, 7) is 6.17. The first-order valence-electron chi connectivity index (χ1n) is 11.4. The van der Waals surface area contributed by atoms with Crippen LogP contribution in [-0.4, -0.2) is 29.3 Å². The Bertz CT molecular complexity index is 818. The Morgan fingerprint density at radius 3 is 2.59 bits per heavy atom. The maximum atomic E-state index is 12.2. The third-order valence-electron chi connectivity index (χ3n) is 9.71. The van der Waals surface area contributed by atoms with Crippen LogP contribution in [0.15, 0.2) is 11.6 Å². The molecule has 4 aliphatic carbocycles. The molecule has 1 spiro atoms. The third kappa shape index (κ3) is 2.55. The molecule has 1 heterocycles. The molecule has 1 amide bonds. The lowest BCUT2D eigenvalue weighted by molar-refractivity contribution is -0.177. The SMILES string of the molecule is CC(=O)O[C@H]1C[C@@]2(C)C(CC[C@@]23CCC(=O)N3)C2CCC3=CC(=O)CC[C@]3(C)C21. The Morgan fingerprint density at radius 2 is 1.90 bits per heavy atom. The molecule has 5 rings (SSSR count). The fraction of sp³-hybridized carbons (Fsp3) is 0.792. The van der Waals surface area contributed by atoms with Gasteiger partial charge in [0.25, 0.3) is 0 Å². The number of hydrogen-bond donors (Lipinski definition) is 1. The van der Waals surface area contributed by atoms with Crippen LogP contribution in [-0.2, 0) is 19.1 Å². The van der Waals surface area contributed by atoms with Gasteiger partial charge in [-0.1, -0.05) is 19.4 Å². The number of carbonyl (C=O) groups excluding carboxylic acids is 3. The van der Waals surface area contributed by atoms with Crippen molar-refractivity contribution >= 4 is 17.7 Å². The lowest BCUT2D eigenvalue weighted by atomic mass is 9.45. The molecule has 1 saturated heterocycles. The van der Waals surface area contributed by atoms with Gasteiger partial charge < -0.3 is 10.1 Å². The number of esters is 1. The number of hydrogen-bond acceptors (Lipinski definition) is 4. The van der Waals surface area contributed by atoms with Gasteiger partial charge in [-0.15, -0.1) is 0 Å². The highest BCUT2D eigenvalue weighted by Crippen LogP contribution is 2.69. The van der Waals surface area contributed by atoms with Crippen molar-refractivity contribution in [3.63, 3.8) is 0 Å². The first-order valence-corrected chi connectivity index (χ1v) is 11.4. The lowest BCUT2D eigenvalue weighted by Crippen LogP contribution is -2.62. The van der Waals surface area contributed by atoms with Crippen LogP contribution in [0.1, 0.15) is 78.6 Å². The minimum atomic E-state index is -0.218. The van der Waals surface area contributed by atoms with E-state index in [0.717, 1.165) is 44.9 Å². The zero-order chi connectivity index (χ0) is 20.6. The van der Waals surface area contributed by atoms with Crippen LogP contribution in [0.4, 0.5) is 0 Å². The molecule has 158 valence electrons. The van der Waals surface area contributed by atoms with Crippen molar-refractivity contribution in [3.05, 3.63) is 11.6 Å². The molecule has 5 nitrogen and oxygen atoms in total. The topological polar surface area (TPSA) is 72.5 Å². The molecule has 7 atom stereocenters. The Labute approximate surface area is 173 Å². The smallest absolute Gasteiger partial charge is 0.302 e. The second kappa shape index (κ2) is 6.18. The highest BCUT2D eigenvalue weighted by atomic mass is 16.5. The molecule has 0 radical (unpaired) electrons. The molecule has 29 heavy (non-hydrogen) atoms. The van der Waals surface area contributed by atoms with Gasteiger partial charge in [-0.25, -0.2) is 0 Å². The van der Waals surface area contributed by atoms with Gasteiger partial charge in [-0.3, -0.25) is 14.4 Å². The van der Waals surface area contributed by atoms with E-state index in [2.05, 4.69) is 19.2 Å². The summed E-state index contributed by atoms with van der Waals surface area (Å²) in [4.78, 5) is 36.4. The van der Waals surface area contributed by atoms with Gasteiger partial charge in [0.15, 0.2) is 5.78 Å². The highest BCUT2D eigenvalue weighted by molar-refractivity contribution is 5.91. The number of fused-ring (bicyclic) bond motifs is 6. The number of amides is 1. The van der Waals surface area contributed by atoms with E-state index in [4.69, 9.17) is 4.74 Å². The molecule has 0 bridgehead atoms. The van der Waals surface area contributed by atoms with Gasteiger partial charge in [0.1, 0.15) is 6.10 Å². The molecular weight excluding hydrogens is 366 g/mol. The first-order chi connectivity index (χ1) is 13.7. The summed E-state index contributed by atoms with van der Waals surface area (Å²) in [5, 5.41) is 3.37. The fourth-order valence-corrected chi connectivity index (χ4v) is 8.43. The summed E-state index contributed by atoms with van der Waals surface area (Å²) < 4.78 is 6.04. The lowest BCUT2D eigenvalue weighted by Gasteiger charge is -2.61. The van der Waals surface area contributed by atoms with Crippen LogP contribution in [0.2, 0.25) is 0 Å². The first kappa shape index (κ1) is 19.3. The van der Waals surface area contributed by atoms with E-state index in [1.807, 2.05) is 6.08 Å². The van der Waals surface area contributed by atoms with E-state index >= 15 is 0 Å². The molecular formula is C24H33NO4. The second-order valence-electron chi connectivity index (χ2n) is 10.8. The minimum absolute atomic E-state index is 0.0392. The zero-order valence-electron chi connectivity index (χ0n) is 17.9. The average molecular weight is 400 g/mol. The minimum Gasteiger partial charge on any atom is -0.462 e. The van der Waals surface area contributed by atoms with Crippen molar-refractivity contribution in [2.75, 3.05) is 0 Å². The largest absolute Gasteiger partial charge is 0.462 e. The number of carbonyl (C=O) groups is 3. The van der Waals surface area contributed by atoms with Gasteiger partial charge in [0.2, 0.25) is 5.91 Å². The van der Waals surface area contributed by atoms with Crippen LogP contribution in [0.5, 0.6) is 0 Å². The van der Waals surface area contributed by atoms with E-state index in [1.54, 1.807) is 0 Å². The van der Waals surface area contributed by atoms with Crippen LogP contribution >= 0.6 is 0 Å². The van der Waals surface area contributed by atoms with E-state index in [1.165, 1.54) is 12.5 Å². The molecule has 5 aliphatic rings. The summed E-state index contributed by atoms with van der Waals surface area (Å²) in [7, 11) is 0. The zero-order valence-corrected chi connectivity index (χ0v) is 17.9. The van der Waals surface area contributed by atoms with Crippen molar-refractivity contribution in [1.29, 1.82) is 0 Å². The molecule has 0 aromatic heterocycles. The van der Waals surface area contributed by atoms with Crippen molar-refractivity contribution in [1.82, 2.24) is 5.32 Å². The molecule has 5 heteroatoms. The summed E-state index contributed by atoms with van der Waals surface area (Å²) in [5.74, 6) is 1.48. The van der Waals surface area contributed by atoms with Crippen molar-refractivity contribution in [2.45, 2.75) is 90.2 Å². The average Bonchev–Trinajstić information content (AvgIpc) is 3.16. The normalized spacial score (nSPS) is 48.4. The summed E-state index contributed by atoms with van der Waals surface area (Å²) >= 11 is 0. The summed E-state index contributed by atoms with van der Waals surface area (Å²) in [5.41, 5.74) is 1.03. The maximum Gasteiger partial charge on any atom is 0.302 e. The van der Waals surface area contributed by atoms with Gasteiger partial charge in [-0.2, -0.15) is 0 Å². The monoisotopic (exact) mass is 399 g/mol. The van der Waals surface area contributed by atoms with E-state index in [9.17, 15) is 14.4 Å². The number of nitrogens with one attached hydrogen (secondary N) is 1. The molecule has 0 aromatic rings.